The second-order valence-corrected chi connectivity index (χ2v) is 6.08. The molecular weight excluding hydrogens is 368 g/mol. The number of esters is 1. The summed E-state index contributed by atoms with van der Waals surface area (Å²) in [6.45, 7) is 0. The first-order valence-corrected chi connectivity index (χ1v) is 8.26. The highest BCUT2D eigenvalue weighted by Crippen LogP contribution is 2.23. The fourth-order valence-corrected chi connectivity index (χ4v) is 2.40. The van der Waals surface area contributed by atoms with Gasteiger partial charge in [-0.15, -0.1) is 0 Å². The van der Waals surface area contributed by atoms with Crippen molar-refractivity contribution in [3.63, 3.8) is 0 Å². The maximum Gasteiger partial charge on any atom is 0.315 e. The molecule has 3 aromatic rings. The molecule has 0 aromatic heterocycles. The van der Waals surface area contributed by atoms with Crippen LogP contribution in [0.3, 0.4) is 0 Å². The van der Waals surface area contributed by atoms with Gasteiger partial charge in [-0.25, -0.2) is 0 Å². The van der Waals surface area contributed by atoms with E-state index in [1.807, 2.05) is 54.6 Å². The molecule has 0 saturated carbocycles. The molecule has 4 heteroatoms. The lowest BCUT2D eigenvalue weighted by Gasteiger charge is -2.07. The Hall–Kier alpha value is -2.59. The molecule has 0 heterocycles. The molecule has 0 unspecified atom stereocenters. The van der Waals surface area contributed by atoms with Gasteiger partial charge in [-0.05, 0) is 54.1 Å². The van der Waals surface area contributed by atoms with Crippen LogP contribution in [0, 0.1) is 0 Å². The molecule has 3 aromatic carbocycles. The van der Waals surface area contributed by atoms with E-state index in [-0.39, 0.29) is 12.4 Å². The second kappa shape index (κ2) is 7.79. The van der Waals surface area contributed by atoms with Gasteiger partial charge in [0, 0.05) is 4.47 Å². The maximum absolute atomic E-state index is 12.0. The van der Waals surface area contributed by atoms with Crippen molar-refractivity contribution in [2.75, 3.05) is 0 Å². The van der Waals surface area contributed by atoms with Gasteiger partial charge in [0.05, 0.1) is 6.42 Å². The number of hydrogen-bond acceptors (Lipinski definition) is 3. The van der Waals surface area contributed by atoms with E-state index in [9.17, 15) is 4.79 Å². The summed E-state index contributed by atoms with van der Waals surface area (Å²) in [4.78, 5) is 12.0. The smallest absolute Gasteiger partial charge is 0.315 e. The van der Waals surface area contributed by atoms with E-state index in [4.69, 9.17) is 9.47 Å². The Bertz CT molecular complexity index is 797. The molecule has 0 spiro atoms. The summed E-state index contributed by atoms with van der Waals surface area (Å²) >= 11 is 3.37. The van der Waals surface area contributed by atoms with Gasteiger partial charge in [0.1, 0.15) is 17.2 Å². The van der Waals surface area contributed by atoms with Crippen LogP contribution in [0.15, 0.2) is 83.3 Å². The Morgan fingerprint density at radius 1 is 0.750 bits per heavy atom. The number of rotatable bonds is 5. The van der Waals surface area contributed by atoms with Crippen LogP contribution >= 0.6 is 15.9 Å². The third-order valence-electron chi connectivity index (χ3n) is 3.30. The second-order valence-electron chi connectivity index (χ2n) is 5.16. The third-order valence-corrected chi connectivity index (χ3v) is 3.82. The van der Waals surface area contributed by atoms with Crippen LogP contribution in [0.25, 0.3) is 0 Å². The molecule has 0 atom stereocenters. The van der Waals surface area contributed by atoms with Crippen molar-refractivity contribution in [1.29, 1.82) is 0 Å². The number of benzene rings is 3. The minimum absolute atomic E-state index is 0.232. The van der Waals surface area contributed by atoms with E-state index in [0.717, 1.165) is 15.8 Å². The number of para-hydroxylation sites is 1. The van der Waals surface area contributed by atoms with Crippen LogP contribution in [0.5, 0.6) is 17.2 Å². The molecular formula is C20H15BrO3. The third kappa shape index (κ3) is 4.70. The van der Waals surface area contributed by atoms with Crippen LogP contribution in [-0.4, -0.2) is 5.97 Å². The zero-order chi connectivity index (χ0) is 16.8. The van der Waals surface area contributed by atoms with E-state index in [2.05, 4.69) is 15.9 Å². The number of carbonyl (C=O) groups excluding carboxylic acids is 1. The first-order valence-electron chi connectivity index (χ1n) is 7.47. The van der Waals surface area contributed by atoms with Crippen molar-refractivity contribution in [2.24, 2.45) is 0 Å². The Balaban J connectivity index is 1.57. The topological polar surface area (TPSA) is 35.5 Å². The highest BCUT2D eigenvalue weighted by molar-refractivity contribution is 9.10. The van der Waals surface area contributed by atoms with E-state index >= 15 is 0 Å². The summed E-state index contributed by atoms with van der Waals surface area (Å²) in [5.74, 6) is 1.65. The highest BCUT2D eigenvalue weighted by atomic mass is 79.9. The molecule has 0 aliphatic carbocycles. The molecule has 0 fully saturated rings. The Kier molecular flexibility index (Phi) is 5.29. The van der Waals surface area contributed by atoms with Gasteiger partial charge >= 0.3 is 5.97 Å². The number of ether oxygens (including phenoxy) is 2. The molecule has 24 heavy (non-hydrogen) atoms. The van der Waals surface area contributed by atoms with Gasteiger partial charge in [-0.1, -0.05) is 46.3 Å². The highest BCUT2D eigenvalue weighted by Gasteiger charge is 2.07. The number of hydrogen-bond donors (Lipinski definition) is 0. The van der Waals surface area contributed by atoms with Crippen LogP contribution in [0.4, 0.5) is 0 Å². The fourth-order valence-electron chi connectivity index (χ4n) is 2.14. The van der Waals surface area contributed by atoms with Gasteiger partial charge in [-0.3, -0.25) is 4.79 Å². The Morgan fingerprint density at radius 2 is 1.33 bits per heavy atom. The summed E-state index contributed by atoms with van der Waals surface area (Å²) in [5.41, 5.74) is 0.909. The number of halogens is 1. The molecule has 120 valence electrons. The van der Waals surface area contributed by atoms with Crippen LogP contribution < -0.4 is 9.47 Å². The maximum atomic E-state index is 12.0. The lowest BCUT2D eigenvalue weighted by molar-refractivity contribution is -0.133. The molecule has 0 saturated heterocycles. The Labute approximate surface area is 149 Å². The first kappa shape index (κ1) is 16.3. The SMILES string of the molecule is O=C(Cc1ccc(Br)cc1)Oc1ccc(Oc2ccccc2)cc1. The lowest BCUT2D eigenvalue weighted by atomic mass is 10.1. The molecule has 0 aliphatic rings. The summed E-state index contributed by atoms with van der Waals surface area (Å²) in [5, 5.41) is 0. The minimum atomic E-state index is -0.297. The molecule has 0 amide bonds. The summed E-state index contributed by atoms with van der Waals surface area (Å²) < 4.78 is 12.0. The van der Waals surface area contributed by atoms with Crippen LogP contribution in [-0.2, 0) is 11.2 Å². The molecule has 0 N–H and O–H groups in total. The van der Waals surface area contributed by atoms with Gasteiger partial charge in [-0.2, -0.15) is 0 Å². The van der Waals surface area contributed by atoms with Gasteiger partial charge in [0.2, 0.25) is 0 Å². The lowest BCUT2D eigenvalue weighted by Crippen LogP contribution is -2.11. The summed E-state index contributed by atoms with van der Waals surface area (Å²) in [6, 6.07) is 24.1. The van der Waals surface area contributed by atoms with Gasteiger partial charge < -0.3 is 9.47 Å². The van der Waals surface area contributed by atoms with E-state index in [1.165, 1.54) is 0 Å². The van der Waals surface area contributed by atoms with Gasteiger partial charge in [0.25, 0.3) is 0 Å². The monoisotopic (exact) mass is 382 g/mol. The van der Waals surface area contributed by atoms with Crippen molar-refractivity contribution >= 4 is 21.9 Å². The zero-order valence-corrected chi connectivity index (χ0v) is 14.4. The average Bonchev–Trinajstić information content (AvgIpc) is 2.60. The summed E-state index contributed by atoms with van der Waals surface area (Å²) in [6.07, 6.45) is 0.232. The fraction of sp³-hybridized carbons (Fsp3) is 0.0500. The van der Waals surface area contributed by atoms with Crippen LogP contribution in [0.1, 0.15) is 5.56 Å². The van der Waals surface area contributed by atoms with Crippen molar-refractivity contribution in [1.82, 2.24) is 0 Å². The summed E-state index contributed by atoms with van der Waals surface area (Å²) in [7, 11) is 0. The Morgan fingerprint density at radius 3 is 2.00 bits per heavy atom. The van der Waals surface area contributed by atoms with E-state index in [1.54, 1.807) is 24.3 Å². The largest absolute Gasteiger partial charge is 0.457 e. The molecule has 0 aliphatic heterocycles. The van der Waals surface area contributed by atoms with Crippen molar-refractivity contribution in [3.8, 4) is 17.2 Å². The zero-order valence-electron chi connectivity index (χ0n) is 12.8. The van der Waals surface area contributed by atoms with Crippen molar-refractivity contribution < 1.29 is 14.3 Å². The molecule has 3 rings (SSSR count). The van der Waals surface area contributed by atoms with E-state index in [0.29, 0.717) is 11.5 Å². The van der Waals surface area contributed by atoms with Crippen LogP contribution in [0.2, 0.25) is 0 Å². The molecule has 0 radical (unpaired) electrons. The molecule has 0 bridgehead atoms. The predicted octanol–water partition coefficient (Wildman–Crippen LogP) is 5.39. The standard InChI is InChI=1S/C20H15BrO3/c21-16-8-6-15(7-9-16)14-20(22)24-19-12-10-18(11-13-19)23-17-4-2-1-3-5-17/h1-13H,14H2. The quantitative estimate of drug-likeness (QED) is 0.438. The first-order chi connectivity index (χ1) is 11.7. The minimum Gasteiger partial charge on any atom is -0.457 e. The predicted molar refractivity (Wildman–Crippen MR) is 96.4 cm³/mol. The van der Waals surface area contributed by atoms with Gasteiger partial charge in [0.15, 0.2) is 0 Å². The van der Waals surface area contributed by atoms with Crippen molar-refractivity contribution in [2.45, 2.75) is 6.42 Å². The molecule has 3 nitrogen and oxygen atoms in total. The van der Waals surface area contributed by atoms with Crippen molar-refractivity contribution in [3.05, 3.63) is 88.9 Å². The number of carbonyl (C=O) groups is 1. The average molecular weight is 383 g/mol. The normalized spacial score (nSPS) is 10.2. The van der Waals surface area contributed by atoms with E-state index < -0.39 is 0 Å².